The van der Waals surface area contributed by atoms with Crippen LogP contribution in [-0.4, -0.2) is 54.3 Å². The van der Waals surface area contributed by atoms with Crippen molar-refractivity contribution in [1.82, 2.24) is 14.9 Å². The SMILES string of the molecule is Cc1cc(=O)[nH]c(NCCCN2CCOCC2)n1. The number of aromatic amines is 1. The summed E-state index contributed by atoms with van der Waals surface area (Å²) in [4.78, 5) is 20.5. The highest BCUT2D eigenvalue weighted by atomic mass is 16.5. The van der Waals surface area contributed by atoms with Crippen LogP contribution in [0.2, 0.25) is 0 Å². The van der Waals surface area contributed by atoms with Crippen molar-refractivity contribution in [2.75, 3.05) is 44.7 Å². The number of morpholine rings is 1. The zero-order chi connectivity index (χ0) is 12.8. The Balaban J connectivity index is 1.69. The molecule has 2 rings (SSSR count). The summed E-state index contributed by atoms with van der Waals surface area (Å²) in [6, 6.07) is 1.49. The highest BCUT2D eigenvalue weighted by Crippen LogP contribution is 1.99. The maximum atomic E-state index is 11.2. The molecule has 0 aromatic carbocycles. The maximum absolute atomic E-state index is 11.2. The summed E-state index contributed by atoms with van der Waals surface area (Å²) in [6.07, 6.45) is 1.03. The van der Waals surface area contributed by atoms with Gasteiger partial charge in [0.2, 0.25) is 5.95 Å². The van der Waals surface area contributed by atoms with Gasteiger partial charge in [-0.3, -0.25) is 14.7 Å². The summed E-state index contributed by atoms with van der Waals surface area (Å²) in [5, 5.41) is 3.14. The molecule has 1 saturated heterocycles. The first-order valence-electron chi connectivity index (χ1n) is 6.36. The molecule has 0 saturated carbocycles. The second-order valence-electron chi connectivity index (χ2n) is 4.47. The average Bonchev–Trinajstić information content (AvgIpc) is 2.35. The molecule has 0 radical (unpaired) electrons. The van der Waals surface area contributed by atoms with Crippen LogP contribution in [0.3, 0.4) is 0 Å². The summed E-state index contributed by atoms with van der Waals surface area (Å²) in [5.41, 5.74) is 0.618. The number of nitrogens with one attached hydrogen (secondary N) is 2. The van der Waals surface area contributed by atoms with Gasteiger partial charge >= 0.3 is 0 Å². The van der Waals surface area contributed by atoms with Crippen molar-refractivity contribution in [1.29, 1.82) is 0 Å². The highest BCUT2D eigenvalue weighted by Gasteiger charge is 2.09. The Morgan fingerprint density at radius 1 is 1.50 bits per heavy atom. The van der Waals surface area contributed by atoms with Gasteiger partial charge in [0, 0.05) is 31.4 Å². The molecular weight excluding hydrogens is 232 g/mol. The Morgan fingerprint density at radius 3 is 3.00 bits per heavy atom. The van der Waals surface area contributed by atoms with Gasteiger partial charge in [0.05, 0.1) is 13.2 Å². The lowest BCUT2D eigenvalue weighted by atomic mass is 10.3. The second-order valence-corrected chi connectivity index (χ2v) is 4.47. The number of hydrogen-bond acceptors (Lipinski definition) is 5. The topological polar surface area (TPSA) is 70.2 Å². The molecule has 0 amide bonds. The molecule has 0 atom stereocenters. The van der Waals surface area contributed by atoms with Gasteiger partial charge in [-0.2, -0.15) is 0 Å². The maximum Gasteiger partial charge on any atom is 0.252 e. The molecule has 18 heavy (non-hydrogen) atoms. The van der Waals surface area contributed by atoms with Crippen LogP contribution in [0.25, 0.3) is 0 Å². The van der Waals surface area contributed by atoms with Crippen LogP contribution in [0.15, 0.2) is 10.9 Å². The van der Waals surface area contributed by atoms with Crippen LogP contribution >= 0.6 is 0 Å². The quantitative estimate of drug-likeness (QED) is 0.733. The molecule has 1 aromatic rings. The number of ether oxygens (including phenoxy) is 1. The predicted molar refractivity (Wildman–Crippen MR) is 70.0 cm³/mol. The van der Waals surface area contributed by atoms with E-state index in [0.29, 0.717) is 5.95 Å². The molecule has 1 aliphatic heterocycles. The van der Waals surface area contributed by atoms with Crippen molar-refractivity contribution >= 4 is 5.95 Å². The minimum Gasteiger partial charge on any atom is -0.379 e. The van der Waals surface area contributed by atoms with Gasteiger partial charge < -0.3 is 10.1 Å². The lowest BCUT2D eigenvalue weighted by molar-refractivity contribution is 0.0378. The minimum atomic E-state index is -0.113. The molecule has 0 bridgehead atoms. The highest BCUT2D eigenvalue weighted by molar-refractivity contribution is 5.24. The monoisotopic (exact) mass is 252 g/mol. The van der Waals surface area contributed by atoms with Crippen LogP contribution in [0.1, 0.15) is 12.1 Å². The molecule has 1 aliphatic rings. The molecule has 0 spiro atoms. The Kier molecular flexibility index (Phi) is 4.72. The first kappa shape index (κ1) is 13.0. The van der Waals surface area contributed by atoms with Crippen LogP contribution in [0.5, 0.6) is 0 Å². The molecule has 1 fully saturated rings. The van der Waals surface area contributed by atoms with Crippen molar-refractivity contribution in [3.63, 3.8) is 0 Å². The van der Waals surface area contributed by atoms with Gasteiger partial charge in [-0.05, 0) is 19.9 Å². The molecule has 6 nitrogen and oxygen atoms in total. The van der Waals surface area contributed by atoms with E-state index in [1.165, 1.54) is 6.07 Å². The Hall–Kier alpha value is -1.40. The second kappa shape index (κ2) is 6.51. The van der Waals surface area contributed by atoms with Gasteiger partial charge in [0.1, 0.15) is 0 Å². The van der Waals surface area contributed by atoms with Crippen molar-refractivity contribution in [2.24, 2.45) is 0 Å². The van der Waals surface area contributed by atoms with E-state index >= 15 is 0 Å². The standard InChI is InChI=1S/C12H20N4O2/c1-10-9-11(17)15-12(14-10)13-3-2-4-16-5-7-18-8-6-16/h9H,2-8H2,1H3,(H2,13,14,15,17). The normalized spacial score (nSPS) is 16.7. The number of rotatable bonds is 5. The summed E-state index contributed by atoms with van der Waals surface area (Å²) in [7, 11) is 0. The van der Waals surface area contributed by atoms with E-state index in [4.69, 9.17) is 4.74 Å². The number of H-pyrrole nitrogens is 1. The molecule has 0 unspecified atom stereocenters. The van der Waals surface area contributed by atoms with E-state index in [9.17, 15) is 4.79 Å². The Bertz CT molecular complexity index is 426. The number of aromatic nitrogens is 2. The van der Waals surface area contributed by atoms with Crippen LogP contribution in [0.4, 0.5) is 5.95 Å². The van der Waals surface area contributed by atoms with Gasteiger partial charge in [0.15, 0.2) is 0 Å². The lowest BCUT2D eigenvalue weighted by Gasteiger charge is -2.26. The molecule has 1 aromatic heterocycles. The summed E-state index contributed by atoms with van der Waals surface area (Å²) < 4.78 is 5.29. The molecular formula is C12H20N4O2. The summed E-state index contributed by atoms with van der Waals surface area (Å²) >= 11 is 0. The smallest absolute Gasteiger partial charge is 0.252 e. The fourth-order valence-electron chi connectivity index (χ4n) is 2.00. The number of anilines is 1. The van der Waals surface area contributed by atoms with Gasteiger partial charge in [-0.25, -0.2) is 4.98 Å². The van der Waals surface area contributed by atoms with Gasteiger partial charge in [0.25, 0.3) is 5.56 Å². The fraction of sp³-hybridized carbons (Fsp3) is 0.667. The van der Waals surface area contributed by atoms with Gasteiger partial charge in [-0.1, -0.05) is 0 Å². The zero-order valence-corrected chi connectivity index (χ0v) is 10.7. The third-order valence-electron chi connectivity index (χ3n) is 2.92. The van der Waals surface area contributed by atoms with Crippen LogP contribution in [-0.2, 0) is 4.74 Å². The zero-order valence-electron chi connectivity index (χ0n) is 10.7. The molecule has 2 heterocycles. The number of nitrogens with zero attached hydrogens (tertiary/aromatic N) is 2. The van der Waals surface area contributed by atoms with Crippen molar-refractivity contribution < 1.29 is 4.74 Å². The third-order valence-corrected chi connectivity index (χ3v) is 2.92. The van der Waals surface area contributed by atoms with E-state index in [0.717, 1.165) is 51.5 Å². The van der Waals surface area contributed by atoms with E-state index in [1.54, 1.807) is 0 Å². The first-order valence-corrected chi connectivity index (χ1v) is 6.36. The van der Waals surface area contributed by atoms with Crippen LogP contribution in [0, 0.1) is 6.92 Å². The van der Waals surface area contributed by atoms with Gasteiger partial charge in [-0.15, -0.1) is 0 Å². The van der Waals surface area contributed by atoms with Crippen molar-refractivity contribution in [3.05, 3.63) is 22.1 Å². The van der Waals surface area contributed by atoms with Crippen molar-refractivity contribution in [3.8, 4) is 0 Å². The van der Waals surface area contributed by atoms with E-state index < -0.39 is 0 Å². The third kappa shape index (κ3) is 4.12. The minimum absolute atomic E-state index is 0.113. The molecule has 2 N–H and O–H groups in total. The number of hydrogen-bond donors (Lipinski definition) is 2. The Morgan fingerprint density at radius 2 is 2.28 bits per heavy atom. The summed E-state index contributed by atoms with van der Waals surface area (Å²) in [5.74, 6) is 0.557. The predicted octanol–water partition coefficient (Wildman–Crippen LogP) is 0.213. The first-order chi connectivity index (χ1) is 8.74. The van der Waals surface area contributed by atoms with Crippen molar-refractivity contribution in [2.45, 2.75) is 13.3 Å². The van der Waals surface area contributed by atoms with E-state index in [1.807, 2.05) is 6.92 Å². The Labute approximate surface area is 106 Å². The van der Waals surface area contributed by atoms with E-state index in [2.05, 4.69) is 20.2 Å². The average molecular weight is 252 g/mol. The molecule has 100 valence electrons. The molecule has 0 aliphatic carbocycles. The largest absolute Gasteiger partial charge is 0.379 e. The number of aryl methyl sites for hydroxylation is 1. The van der Waals surface area contributed by atoms with E-state index in [-0.39, 0.29) is 5.56 Å². The molecule has 6 heteroatoms. The van der Waals surface area contributed by atoms with Crippen LogP contribution < -0.4 is 10.9 Å². The fourth-order valence-corrected chi connectivity index (χ4v) is 2.00. The summed E-state index contributed by atoms with van der Waals surface area (Å²) in [6.45, 7) is 7.36. The lowest BCUT2D eigenvalue weighted by Crippen LogP contribution is -2.37.